The number of ketones is 1. The number of fused-ring (bicyclic) bond motifs is 1. The maximum atomic E-state index is 11.8. The standard InChI is InChI=1S/C16H16N2O2/c1-10-14(12(3)20-17-10)8-18-9-15(11(2)19)13-6-4-5-7-16(13)18/h4-7,9H,8H2,1-3H3. The van der Waals surface area contributed by atoms with Crippen LogP contribution in [0.5, 0.6) is 0 Å². The number of hydrogen-bond acceptors (Lipinski definition) is 3. The highest BCUT2D eigenvalue weighted by Crippen LogP contribution is 2.24. The Hall–Kier alpha value is -2.36. The normalized spacial score (nSPS) is 11.2. The van der Waals surface area contributed by atoms with E-state index in [-0.39, 0.29) is 5.78 Å². The molecule has 3 aromatic rings. The maximum Gasteiger partial charge on any atom is 0.161 e. The smallest absolute Gasteiger partial charge is 0.161 e. The van der Waals surface area contributed by atoms with Gasteiger partial charge < -0.3 is 9.09 Å². The lowest BCUT2D eigenvalue weighted by Gasteiger charge is -2.04. The lowest BCUT2D eigenvalue weighted by molar-refractivity contribution is 0.101. The molecule has 2 aromatic heterocycles. The van der Waals surface area contributed by atoms with Crippen molar-refractivity contribution in [2.75, 3.05) is 0 Å². The second kappa shape index (κ2) is 4.63. The van der Waals surface area contributed by atoms with Gasteiger partial charge in [-0.15, -0.1) is 0 Å². The molecule has 0 amide bonds. The van der Waals surface area contributed by atoms with Gasteiger partial charge in [0.05, 0.1) is 12.2 Å². The van der Waals surface area contributed by atoms with E-state index in [1.165, 1.54) is 0 Å². The first-order valence-electron chi connectivity index (χ1n) is 6.58. The van der Waals surface area contributed by atoms with Gasteiger partial charge in [-0.2, -0.15) is 0 Å². The van der Waals surface area contributed by atoms with Gasteiger partial charge >= 0.3 is 0 Å². The Labute approximate surface area is 117 Å². The Morgan fingerprint density at radius 3 is 2.70 bits per heavy atom. The fourth-order valence-electron chi connectivity index (χ4n) is 2.56. The van der Waals surface area contributed by atoms with Crippen molar-refractivity contribution in [1.29, 1.82) is 0 Å². The van der Waals surface area contributed by atoms with Crippen molar-refractivity contribution < 1.29 is 9.32 Å². The van der Waals surface area contributed by atoms with Gasteiger partial charge in [0.15, 0.2) is 5.78 Å². The molecule has 0 radical (unpaired) electrons. The fourth-order valence-corrected chi connectivity index (χ4v) is 2.56. The van der Waals surface area contributed by atoms with Crippen LogP contribution in [-0.2, 0) is 6.54 Å². The van der Waals surface area contributed by atoms with Gasteiger partial charge in [0.1, 0.15) is 5.76 Å². The number of aryl methyl sites for hydroxylation is 2. The molecule has 0 bridgehead atoms. The third-order valence-electron chi connectivity index (χ3n) is 3.68. The fraction of sp³-hybridized carbons (Fsp3) is 0.250. The summed E-state index contributed by atoms with van der Waals surface area (Å²) in [5, 5.41) is 4.97. The molecule has 0 saturated heterocycles. The van der Waals surface area contributed by atoms with Crippen molar-refractivity contribution in [3.63, 3.8) is 0 Å². The Balaban J connectivity index is 2.15. The van der Waals surface area contributed by atoms with Gasteiger partial charge in [-0.05, 0) is 26.8 Å². The van der Waals surface area contributed by atoms with Crippen LogP contribution in [0.1, 0.15) is 34.3 Å². The van der Waals surface area contributed by atoms with Crippen molar-refractivity contribution in [1.82, 2.24) is 9.72 Å². The van der Waals surface area contributed by atoms with Crippen molar-refractivity contribution in [3.8, 4) is 0 Å². The zero-order valence-electron chi connectivity index (χ0n) is 11.8. The Morgan fingerprint density at radius 2 is 2.05 bits per heavy atom. The van der Waals surface area contributed by atoms with Crippen LogP contribution in [0.3, 0.4) is 0 Å². The molecule has 3 rings (SSSR count). The van der Waals surface area contributed by atoms with Crippen molar-refractivity contribution in [3.05, 3.63) is 53.0 Å². The third kappa shape index (κ3) is 1.93. The molecule has 0 saturated carbocycles. The van der Waals surface area contributed by atoms with Gasteiger partial charge in [-0.3, -0.25) is 4.79 Å². The van der Waals surface area contributed by atoms with Crippen LogP contribution in [0, 0.1) is 13.8 Å². The first-order chi connectivity index (χ1) is 9.58. The lowest BCUT2D eigenvalue weighted by Crippen LogP contribution is -2.00. The van der Waals surface area contributed by atoms with Crippen LogP contribution in [0.15, 0.2) is 35.0 Å². The third-order valence-corrected chi connectivity index (χ3v) is 3.68. The second-order valence-electron chi connectivity index (χ2n) is 5.05. The van der Waals surface area contributed by atoms with Crippen LogP contribution < -0.4 is 0 Å². The van der Waals surface area contributed by atoms with E-state index >= 15 is 0 Å². The van der Waals surface area contributed by atoms with E-state index in [1.54, 1.807) is 6.92 Å². The minimum absolute atomic E-state index is 0.0821. The zero-order valence-corrected chi connectivity index (χ0v) is 11.8. The molecule has 0 aliphatic heterocycles. The Morgan fingerprint density at radius 1 is 1.30 bits per heavy atom. The highest BCUT2D eigenvalue weighted by atomic mass is 16.5. The lowest BCUT2D eigenvalue weighted by atomic mass is 10.1. The molecular weight excluding hydrogens is 252 g/mol. The van der Waals surface area contributed by atoms with Gasteiger partial charge in [-0.25, -0.2) is 0 Å². The number of hydrogen-bond donors (Lipinski definition) is 0. The van der Waals surface area contributed by atoms with E-state index in [4.69, 9.17) is 4.52 Å². The second-order valence-corrected chi connectivity index (χ2v) is 5.05. The molecule has 0 aliphatic rings. The number of benzene rings is 1. The average Bonchev–Trinajstić information content (AvgIpc) is 2.95. The van der Waals surface area contributed by atoms with Crippen LogP contribution in [-0.4, -0.2) is 15.5 Å². The molecule has 4 nitrogen and oxygen atoms in total. The number of aromatic nitrogens is 2. The van der Waals surface area contributed by atoms with Gasteiger partial charge in [0.2, 0.25) is 0 Å². The predicted molar refractivity (Wildman–Crippen MR) is 77.0 cm³/mol. The van der Waals surface area contributed by atoms with Gasteiger partial charge in [0.25, 0.3) is 0 Å². The van der Waals surface area contributed by atoms with Gasteiger partial charge in [-0.1, -0.05) is 23.4 Å². The number of nitrogens with zero attached hydrogens (tertiary/aromatic N) is 2. The van der Waals surface area contributed by atoms with E-state index in [0.29, 0.717) is 6.54 Å². The van der Waals surface area contributed by atoms with E-state index < -0.39 is 0 Å². The molecule has 102 valence electrons. The Bertz CT molecular complexity index is 777. The number of para-hydroxylation sites is 1. The topological polar surface area (TPSA) is 48.0 Å². The van der Waals surface area contributed by atoms with Crippen molar-refractivity contribution in [2.45, 2.75) is 27.3 Å². The molecule has 1 aromatic carbocycles. The highest BCUT2D eigenvalue weighted by Gasteiger charge is 2.15. The number of carbonyl (C=O) groups excluding carboxylic acids is 1. The number of Topliss-reactive ketones (excluding diaryl/α,β-unsaturated/α-hetero) is 1. The summed E-state index contributed by atoms with van der Waals surface area (Å²) in [6.45, 7) is 6.10. The molecule has 0 atom stereocenters. The van der Waals surface area contributed by atoms with Crippen LogP contribution in [0.2, 0.25) is 0 Å². The number of rotatable bonds is 3. The minimum Gasteiger partial charge on any atom is -0.361 e. The van der Waals surface area contributed by atoms with E-state index in [2.05, 4.69) is 9.72 Å². The van der Waals surface area contributed by atoms with E-state index in [1.807, 2.05) is 44.3 Å². The molecular formula is C16H16N2O2. The van der Waals surface area contributed by atoms with E-state index in [0.717, 1.165) is 33.5 Å². The molecule has 2 heterocycles. The summed E-state index contributed by atoms with van der Waals surface area (Å²) in [6, 6.07) is 7.95. The summed E-state index contributed by atoms with van der Waals surface area (Å²) < 4.78 is 7.29. The number of carbonyl (C=O) groups is 1. The molecule has 0 spiro atoms. The van der Waals surface area contributed by atoms with Crippen LogP contribution >= 0.6 is 0 Å². The average molecular weight is 268 g/mol. The SMILES string of the molecule is CC(=O)c1cn(Cc2c(C)noc2C)c2ccccc12. The van der Waals surface area contributed by atoms with E-state index in [9.17, 15) is 4.79 Å². The molecule has 0 unspecified atom stereocenters. The summed E-state index contributed by atoms with van der Waals surface area (Å²) >= 11 is 0. The summed E-state index contributed by atoms with van der Waals surface area (Å²) in [7, 11) is 0. The largest absolute Gasteiger partial charge is 0.361 e. The van der Waals surface area contributed by atoms with Crippen molar-refractivity contribution in [2.24, 2.45) is 0 Å². The minimum atomic E-state index is 0.0821. The quantitative estimate of drug-likeness (QED) is 0.683. The first-order valence-corrected chi connectivity index (χ1v) is 6.58. The van der Waals surface area contributed by atoms with Crippen molar-refractivity contribution >= 4 is 16.7 Å². The summed E-state index contributed by atoms with van der Waals surface area (Å²) in [6.07, 6.45) is 1.92. The maximum absolute atomic E-state index is 11.8. The summed E-state index contributed by atoms with van der Waals surface area (Å²) in [4.78, 5) is 11.8. The predicted octanol–water partition coefficient (Wildman–Crippen LogP) is 3.50. The monoisotopic (exact) mass is 268 g/mol. The molecule has 4 heteroatoms. The van der Waals surface area contributed by atoms with Crippen LogP contribution in [0.4, 0.5) is 0 Å². The molecule has 0 N–H and O–H groups in total. The zero-order chi connectivity index (χ0) is 14.3. The van der Waals surface area contributed by atoms with Gasteiger partial charge in [0, 0.05) is 28.2 Å². The summed E-state index contributed by atoms with van der Waals surface area (Å²) in [5.74, 6) is 0.906. The highest BCUT2D eigenvalue weighted by molar-refractivity contribution is 6.06. The Kier molecular flexibility index (Phi) is 2.93. The molecule has 20 heavy (non-hydrogen) atoms. The van der Waals surface area contributed by atoms with Crippen LogP contribution in [0.25, 0.3) is 10.9 Å². The summed E-state index contributed by atoms with van der Waals surface area (Å²) in [5.41, 5.74) is 3.77. The molecule has 0 fully saturated rings. The first kappa shape index (κ1) is 12.7. The molecule has 0 aliphatic carbocycles.